The lowest BCUT2D eigenvalue weighted by atomic mass is 10.2. The number of rotatable bonds is 1. The van der Waals surface area contributed by atoms with Crippen LogP contribution in [-0.4, -0.2) is 13.3 Å². The van der Waals surface area contributed by atoms with Gasteiger partial charge in [0, 0.05) is 10.9 Å². The maximum Gasteiger partial charge on any atom is 0.109 e. The average molecular weight is 178 g/mol. The van der Waals surface area contributed by atoms with Gasteiger partial charge in [-0.2, -0.15) is 0 Å². The highest BCUT2D eigenvalue weighted by Crippen LogP contribution is 2.34. The molecule has 0 bridgehead atoms. The molecule has 0 fully saturated rings. The highest BCUT2D eigenvalue weighted by molar-refractivity contribution is 7.70. The molecule has 1 rings (SSSR count). The number of hydrogen-bond donors (Lipinski definition) is 0. The summed E-state index contributed by atoms with van der Waals surface area (Å²) in [5, 5.41) is 0.876. The van der Waals surface area contributed by atoms with Crippen LogP contribution >= 0.6 is 7.14 Å². The second-order valence-corrected chi connectivity index (χ2v) is 6.26. The minimum absolute atomic E-state index is 0.826. The Kier molecular flexibility index (Phi) is 2.40. The minimum atomic E-state index is -2.12. The monoisotopic (exact) mass is 178 g/mol. The van der Waals surface area contributed by atoms with Crippen LogP contribution < -0.4 is 5.30 Å². The molecule has 0 atom stereocenters. The van der Waals surface area contributed by atoms with Gasteiger partial charge in [0.15, 0.2) is 0 Å². The van der Waals surface area contributed by atoms with Crippen LogP contribution in [0.2, 0.25) is 0 Å². The molecule has 0 aliphatic carbocycles. The van der Waals surface area contributed by atoms with Gasteiger partial charge >= 0.3 is 0 Å². The molecule has 12 heavy (non-hydrogen) atoms. The van der Waals surface area contributed by atoms with Crippen molar-refractivity contribution in [1.29, 1.82) is 0 Å². The predicted molar refractivity (Wildman–Crippen MR) is 53.5 cm³/mol. The molecule has 0 aliphatic heterocycles. The summed E-state index contributed by atoms with van der Waals surface area (Å²) in [6.45, 7) is 3.50. The van der Waals surface area contributed by atoms with Gasteiger partial charge in [-0.05, 0) is 25.5 Å². The van der Waals surface area contributed by atoms with Gasteiger partial charge in [-0.1, -0.05) is 18.1 Å². The maximum atomic E-state index is 11.6. The van der Waals surface area contributed by atoms with Gasteiger partial charge in [0.2, 0.25) is 0 Å². The zero-order valence-electron chi connectivity index (χ0n) is 7.24. The highest BCUT2D eigenvalue weighted by Gasteiger charge is 2.09. The molecule has 0 spiro atoms. The summed E-state index contributed by atoms with van der Waals surface area (Å²) in [5.41, 5.74) is 0.826. The lowest BCUT2D eigenvalue weighted by molar-refractivity contribution is 0.588. The zero-order chi connectivity index (χ0) is 9.19. The van der Waals surface area contributed by atoms with Crippen molar-refractivity contribution in [2.45, 2.75) is 0 Å². The van der Waals surface area contributed by atoms with Crippen molar-refractivity contribution >= 4 is 12.4 Å². The molecular formula is C10H11OP. The van der Waals surface area contributed by atoms with E-state index in [-0.39, 0.29) is 0 Å². The van der Waals surface area contributed by atoms with Crippen molar-refractivity contribution in [3.05, 3.63) is 29.8 Å². The molecule has 1 nitrogen and oxygen atoms in total. The van der Waals surface area contributed by atoms with E-state index in [0.29, 0.717) is 0 Å². The lowest BCUT2D eigenvalue weighted by Crippen LogP contribution is -2.01. The third-order valence-corrected chi connectivity index (χ3v) is 3.20. The summed E-state index contributed by atoms with van der Waals surface area (Å²) >= 11 is 0. The summed E-state index contributed by atoms with van der Waals surface area (Å²) < 4.78 is 11.6. The fourth-order valence-corrected chi connectivity index (χ4v) is 1.78. The quantitative estimate of drug-likeness (QED) is 0.474. The Hall–Kier alpha value is -0.990. The van der Waals surface area contributed by atoms with Gasteiger partial charge in [-0.3, -0.25) is 0 Å². The van der Waals surface area contributed by atoms with Crippen LogP contribution in [0, 0.1) is 12.3 Å². The molecule has 0 saturated heterocycles. The van der Waals surface area contributed by atoms with Crippen LogP contribution in [0.3, 0.4) is 0 Å². The molecule has 0 amide bonds. The van der Waals surface area contributed by atoms with Gasteiger partial charge in [0.05, 0.1) is 0 Å². The third kappa shape index (κ3) is 2.00. The average Bonchev–Trinajstić information content (AvgIpc) is 2.03. The molecule has 0 radical (unpaired) electrons. The first-order valence-corrected chi connectivity index (χ1v) is 6.26. The van der Waals surface area contributed by atoms with E-state index >= 15 is 0 Å². The number of terminal acetylenes is 1. The van der Waals surface area contributed by atoms with Gasteiger partial charge < -0.3 is 4.57 Å². The fourth-order valence-electron chi connectivity index (χ4n) is 0.917. The Morgan fingerprint density at radius 3 is 2.08 bits per heavy atom. The first-order valence-electron chi connectivity index (χ1n) is 3.66. The standard InChI is InChI=1S/C10H11OP/c1-4-9-5-7-10(8-6-9)12(2,3)11/h1,5-8H,2-3H3. The van der Waals surface area contributed by atoms with Crippen molar-refractivity contribution in [2.75, 3.05) is 13.3 Å². The van der Waals surface area contributed by atoms with Crippen LogP contribution in [0.1, 0.15) is 5.56 Å². The van der Waals surface area contributed by atoms with E-state index in [1.165, 1.54) is 0 Å². The Balaban J connectivity index is 3.11. The van der Waals surface area contributed by atoms with Crippen LogP contribution in [-0.2, 0) is 4.57 Å². The summed E-state index contributed by atoms with van der Waals surface area (Å²) in [4.78, 5) is 0. The molecule has 0 aromatic heterocycles. The summed E-state index contributed by atoms with van der Waals surface area (Å²) in [5.74, 6) is 2.52. The van der Waals surface area contributed by atoms with Crippen molar-refractivity contribution in [3.63, 3.8) is 0 Å². The third-order valence-electron chi connectivity index (χ3n) is 1.66. The Bertz CT molecular complexity index is 350. The maximum absolute atomic E-state index is 11.6. The van der Waals surface area contributed by atoms with Gasteiger partial charge in [-0.15, -0.1) is 6.42 Å². The van der Waals surface area contributed by atoms with Crippen molar-refractivity contribution < 1.29 is 4.57 Å². The smallest absolute Gasteiger partial charge is 0.109 e. The van der Waals surface area contributed by atoms with Gasteiger partial charge in [0.1, 0.15) is 7.14 Å². The Morgan fingerprint density at radius 1 is 1.25 bits per heavy atom. The first kappa shape index (κ1) is 9.10. The summed E-state index contributed by atoms with van der Waals surface area (Å²) in [7, 11) is -2.12. The summed E-state index contributed by atoms with van der Waals surface area (Å²) in [6.07, 6.45) is 5.19. The molecule has 62 valence electrons. The normalized spacial score (nSPS) is 10.8. The number of benzene rings is 1. The van der Waals surface area contributed by atoms with Crippen molar-refractivity contribution in [1.82, 2.24) is 0 Å². The van der Waals surface area contributed by atoms with Crippen LogP contribution in [0.25, 0.3) is 0 Å². The number of hydrogen-bond acceptors (Lipinski definition) is 1. The second kappa shape index (κ2) is 3.17. The lowest BCUT2D eigenvalue weighted by Gasteiger charge is -2.05. The molecule has 0 aliphatic rings. The SMILES string of the molecule is C#Cc1ccc(P(C)(C)=O)cc1. The first-order chi connectivity index (χ1) is 5.54. The molecule has 0 heterocycles. The van der Waals surface area contributed by atoms with E-state index in [9.17, 15) is 4.57 Å². The van der Waals surface area contributed by atoms with E-state index in [2.05, 4.69) is 5.92 Å². The van der Waals surface area contributed by atoms with Gasteiger partial charge in [-0.25, -0.2) is 0 Å². The fraction of sp³-hybridized carbons (Fsp3) is 0.200. The molecule has 0 unspecified atom stereocenters. The van der Waals surface area contributed by atoms with E-state index in [0.717, 1.165) is 10.9 Å². The predicted octanol–water partition coefficient (Wildman–Crippen LogP) is 1.92. The molecule has 1 aromatic rings. The molecular weight excluding hydrogens is 167 g/mol. The second-order valence-electron chi connectivity index (χ2n) is 3.04. The molecule has 2 heteroatoms. The zero-order valence-corrected chi connectivity index (χ0v) is 8.14. The van der Waals surface area contributed by atoms with E-state index in [1.807, 2.05) is 24.3 Å². The van der Waals surface area contributed by atoms with Crippen LogP contribution in [0.15, 0.2) is 24.3 Å². The topological polar surface area (TPSA) is 17.1 Å². The van der Waals surface area contributed by atoms with E-state index in [4.69, 9.17) is 6.42 Å². The van der Waals surface area contributed by atoms with Crippen molar-refractivity contribution in [3.8, 4) is 12.3 Å². The van der Waals surface area contributed by atoms with E-state index < -0.39 is 7.14 Å². The Morgan fingerprint density at radius 2 is 1.75 bits per heavy atom. The van der Waals surface area contributed by atoms with Gasteiger partial charge in [0.25, 0.3) is 0 Å². The Labute approximate surface area is 73.2 Å². The largest absolute Gasteiger partial charge is 0.319 e. The van der Waals surface area contributed by atoms with E-state index in [1.54, 1.807) is 13.3 Å². The summed E-state index contributed by atoms with van der Waals surface area (Å²) in [6, 6.07) is 7.29. The minimum Gasteiger partial charge on any atom is -0.319 e. The molecule has 1 aromatic carbocycles. The molecule has 0 saturated carbocycles. The van der Waals surface area contributed by atoms with Crippen molar-refractivity contribution in [2.24, 2.45) is 0 Å². The highest BCUT2D eigenvalue weighted by atomic mass is 31.2. The molecule has 0 N–H and O–H groups in total. The van der Waals surface area contributed by atoms with Crippen LogP contribution in [0.5, 0.6) is 0 Å². The van der Waals surface area contributed by atoms with Crippen LogP contribution in [0.4, 0.5) is 0 Å².